The molecule has 21 heavy (non-hydrogen) atoms. The molecular formula is C11H13F3N6O. The number of amides is 2. The van der Waals surface area contributed by atoms with E-state index in [0.717, 1.165) is 6.07 Å². The lowest BCUT2D eigenvalue weighted by atomic mass is 10.2. The molecule has 10 heteroatoms. The number of rotatable bonds is 1. The van der Waals surface area contributed by atoms with Gasteiger partial charge in [0.1, 0.15) is 5.82 Å². The molecule has 1 aromatic rings. The highest BCUT2D eigenvalue weighted by Gasteiger charge is 2.37. The van der Waals surface area contributed by atoms with Crippen LogP contribution in [0.2, 0.25) is 0 Å². The van der Waals surface area contributed by atoms with E-state index in [9.17, 15) is 18.0 Å². The number of nitrogen functional groups attached to an aromatic ring is 1. The Kier molecular flexibility index (Phi) is 3.03. The van der Waals surface area contributed by atoms with Crippen LogP contribution in [0.1, 0.15) is 5.69 Å². The van der Waals surface area contributed by atoms with E-state index in [1.807, 2.05) is 0 Å². The Morgan fingerprint density at radius 1 is 1.33 bits per heavy atom. The van der Waals surface area contributed by atoms with Gasteiger partial charge in [0.25, 0.3) is 0 Å². The predicted molar refractivity (Wildman–Crippen MR) is 67.6 cm³/mol. The fourth-order valence-electron chi connectivity index (χ4n) is 2.57. The Bertz CT molecular complexity index is 578. The summed E-state index contributed by atoms with van der Waals surface area (Å²) in [5, 5.41) is 2.70. The summed E-state index contributed by atoms with van der Waals surface area (Å²) in [7, 11) is 0. The van der Waals surface area contributed by atoms with Crippen molar-refractivity contribution in [2.75, 3.05) is 36.8 Å². The summed E-state index contributed by atoms with van der Waals surface area (Å²) in [5.41, 5.74) is 4.30. The van der Waals surface area contributed by atoms with Crippen LogP contribution in [-0.2, 0) is 6.18 Å². The second-order valence-corrected chi connectivity index (χ2v) is 4.95. The number of nitrogens with two attached hydrogens (primary N) is 1. The molecule has 0 aromatic carbocycles. The molecule has 0 bridgehead atoms. The van der Waals surface area contributed by atoms with Crippen molar-refractivity contribution in [2.45, 2.75) is 12.2 Å². The first-order valence-corrected chi connectivity index (χ1v) is 6.36. The van der Waals surface area contributed by atoms with Gasteiger partial charge in [-0.1, -0.05) is 0 Å². The summed E-state index contributed by atoms with van der Waals surface area (Å²) in [4.78, 5) is 21.9. The summed E-state index contributed by atoms with van der Waals surface area (Å²) in [5.74, 6) is -0.281. The number of halogens is 3. The van der Waals surface area contributed by atoms with Crippen molar-refractivity contribution in [2.24, 2.45) is 0 Å². The number of carbonyl (C=O) groups excluding carboxylic acids is 1. The van der Waals surface area contributed by atoms with Gasteiger partial charge in [-0.05, 0) is 0 Å². The maximum absolute atomic E-state index is 12.8. The Labute approximate surface area is 117 Å². The van der Waals surface area contributed by atoms with E-state index in [1.165, 1.54) is 0 Å². The zero-order chi connectivity index (χ0) is 15.2. The minimum absolute atomic E-state index is 0.0724. The first-order valence-electron chi connectivity index (χ1n) is 6.36. The first kappa shape index (κ1) is 13.7. The molecule has 2 saturated heterocycles. The summed E-state index contributed by atoms with van der Waals surface area (Å²) >= 11 is 0. The third kappa shape index (κ3) is 2.52. The van der Waals surface area contributed by atoms with Crippen molar-refractivity contribution in [1.29, 1.82) is 0 Å². The summed E-state index contributed by atoms with van der Waals surface area (Å²) < 4.78 is 38.3. The van der Waals surface area contributed by atoms with Crippen LogP contribution in [0.4, 0.5) is 29.7 Å². The van der Waals surface area contributed by atoms with Crippen LogP contribution in [0, 0.1) is 0 Å². The number of nitrogens with one attached hydrogen (secondary N) is 1. The lowest BCUT2D eigenvalue weighted by Gasteiger charge is -2.37. The number of aromatic nitrogens is 2. The monoisotopic (exact) mass is 302 g/mol. The number of carbonyl (C=O) groups is 1. The van der Waals surface area contributed by atoms with Gasteiger partial charge in [-0.15, -0.1) is 0 Å². The second-order valence-electron chi connectivity index (χ2n) is 4.95. The maximum atomic E-state index is 12.8. The maximum Gasteiger partial charge on any atom is 0.433 e. The van der Waals surface area contributed by atoms with Gasteiger partial charge in [0.05, 0.1) is 6.04 Å². The van der Waals surface area contributed by atoms with Crippen molar-refractivity contribution in [1.82, 2.24) is 20.2 Å². The van der Waals surface area contributed by atoms with Crippen LogP contribution < -0.4 is 16.0 Å². The number of urea groups is 1. The number of hydrogen-bond donors (Lipinski definition) is 2. The van der Waals surface area contributed by atoms with Crippen LogP contribution in [0.25, 0.3) is 0 Å². The van der Waals surface area contributed by atoms with Gasteiger partial charge in [-0.25, -0.2) is 9.78 Å². The molecule has 0 radical (unpaired) electrons. The molecule has 7 nitrogen and oxygen atoms in total. The van der Waals surface area contributed by atoms with Gasteiger partial charge in [0.2, 0.25) is 5.95 Å². The number of anilines is 2. The summed E-state index contributed by atoms with van der Waals surface area (Å²) in [6.07, 6.45) is -4.57. The molecule has 2 aliphatic heterocycles. The van der Waals surface area contributed by atoms with Crippen molar-refractivity contribution in [3.05, 3.63) is 11.8 Å². The van der Waals surface area contributed by atoms with E-state index in [2.05, 4.69) is 15.3 Å². The molecule has 0 spiro atoms. The molecular weight excluding hydrogens is 289 g/mol. The third-order valence-corrected chi connectivity index (χ3v) is 3.58. The smallest absolute Gasteiger partial charge is 0.368 e. The van der Waals surface area contributed by atoms with Crippen LogP contribution in [-0.4, -0.2) is 53.1 Å². The third-order valence-electron chi connectivity index (χ3n) is 3.58. The second kappa shape index (κ2) is 4.64. The number of fused-ring (bicyclic) bond motifs is 1. The van der Waals surface area contributed by atoms with Gasteiger partial charge >= 0.3 is 12.2 Å². The molecule has 114 valence electrons. The Balaban J connectivity index is 1.84. The molecule has 2 amide bonds. The van der Waals surface area contributed by atoms with E-state index in [1.54, 1.807) is 9.80 Å². The highest BCUT2D eigenvalue weighted by molar-refractivity contribution is 5.77. The van der Waals surface area contributed by atoms with Gasteiger partial charge in [-0.3, -0.25) is 0 Å². The number of alkyl halides is 3. The van der Waals surface area contributed by atoms with Gasteiger partial charge in [0, 0.05) is 32.2 Å². The van der Waals surface area contributed by atoms with Crippen LogP contribution >= 0.6 is 0 Å². The molecule has 0 aliphatic carbocycles. The lowest BCUT2D eigenvalue weighted by Crippen LogP contribution is -2.52. The fourth-order valence-corrected chi connectivity index (χ4v) is 2.57. The molecule has 0 saturated carbocycles. The largest absolute Gasteiger partial charge is 0.433 e. The van der Waals surface area contributed by atoms with Gasteiger partial charge in [-0.2, -0.15) is 18.2 Å². The zero-order valence-corrected chi connectivity index (χ0v) is 10.9. The summed E-state index contributed by atoms with van der Waals surface area (Å²) in [6, 6.07) is 0.672. The van der Waals surface area contributed by atoms with Crippen LogP contribution in [0.5, 0.6) is 0 Å². The molecule has 1 atom stereocenters. The van der Waals surface area contributed by atoms with E-state index in [-0.39, 0.29) is 17.9 Å². The Morgan fingerprint density at radius 3 is 2.81 bits per heavy atom. The molecule has 1 unspecified atom stereocenters. The topological polar surface area (TPSA) is 87.4 Å². The zero-order valence-electron chi connectivity index (χ0n) is 10.9. The highest BCUT2D eigenvalue weighted by atomic mass is 19.4. The van der Waals surface area contributed by atoms with Gasteiger partial charge in [0.15, 0.2) is 5.69 Å². The molecule has 3 rings (SSSR count). The highest BCUT2D eigenvalue weighted by Crippen LogP contribution is 2.30. The van der Waals surface area contributed by atoms with Crippen molar-refractivity contribution >= 4 is 17.8 Å². The fraction of sp³-hybridized carbons (Fsp3) is 0.545. The minimum atomic E-state index is -4.57. The van der Waals surface area contributed by atoms with E-state index >= 15 is 0 Å². The van der Waals surface area contributed by atoms with Crippen LogP contribution in [0.15, 0.2) is 6.07 Å². The SMILES string of the molecule is Nc1nc(N2CCN3C(=O)NCC3C2)cc(C(F)(F)F)n1. The van der Waals surface area contributed by atoms with Crippen LogP contribution in [0.3, 0.4) is 0 Å². The summed E-state index contributed by atoms with van der Waals surface area (Å²) in [6.45, 7) is 1.72. The average Bonchev–Trinajstić information content (AvgIpc) is 2.78. The van der Waals surface area contributed by atoms with Crippen molar-refractivity contribution in [3.63, 3.8) is 0 Å². The normalized spacial score (nSPS) is 22.2. The quantitative estimate of drug-likeness (QED) is 0.778. The predicted octanol–water partition coefficient (Wildman–Crippen LogP) is 0.291. The molecule has 2 fully saturated rings. The Hall–Kier alpha value is -2.26. The van der Waals surface area contributed by atoms with Gasteiger partial charge < -0.3 is 20.9 Å². The minimum Gasteiger partial charge on any atom is -0.368 e. The number of nitrogens with zero attached hydrogens (tertiary/aromatic N) is 4. The van der Waals surface area contributed by atoms with Crippen molar-refractivity contribution in [3.8, 4) is 0 Å². The van der Waals surface area contributed by atoms with E-state index in [4.69, 9.17) is 5.73 Å². The number of piperazine rings is 1. The van der Waals surface area contributed by atoms with E-state index < -0.39 is 17.8 Å². The Morgan fingerprint density at radius 2 is 2.10 bits per heavy atom. The van der Waals surface area contributed by atoms with Crippen molar-refractivity contribution < 1.29 is 18.0 Å². The molecule has 3 heterocycles. The molecule has 2 aliphatic rings. The van der Waals surface area contributed by atoms with E-state index in [0.29, 0.717) is 26.2 Å². The lowest BCUT2D eigenvalue weighted by molar-refractivity contribution is -0.141. The molecule has 1 aromatic heterocycles. The average molecular weight is 302 g/mol. The number of hydrogen-bond acceptors (Lipinski definition) is 5. The standard InChI is InChI=1S/C11H13F3N6O/c12-11(13,14)7-3-8(18-9(15)17-7)19-1-2-20-6(5-19)4-16-10(20)21/h3,6H,1-2,4-5H2,(H,16,21)(H2,15,17,18). The molecule has 3 N–H and O–H groups in total. The first-order chi connectivity index (χ1) is 9.84.